The molecule has 0 saturated carbocycles. The smallest absolute Gasteiger partial charge is 0.336 e. The van der Waals surface area contributed by atoms with Crippen molar-refractivity contribution < 1.29 is 14.6 Å². The van der Waals surface area contributed by atoms with Crippen LogP contribution >= 0.6 is 0 Å². The number of likely N-dealkylation sites (N-methyl/N-ethyl adjacent to an activating group) is 1. The second-order valence-electron chi connectivity index (χ2n) is 3.22. The molecule has 86 valence electrons. The lowest BCUT2D eigenvalue weighted by Gasteiger charge is -2.04. The topological polar surface area (TPSA) is 58.6 Å². The highest BCUT2D eigenvalue weighted by Crippen LogP contribution is 2.18. The van der Waals surface area contributed by atoms with Crippen molar-refractivity contribution in [1.82, 2.24) is 5.32 Å². The summed E-state index contributed by atoms with van der Waals surface area (Å²) in [5.74, 6) is -0.411. The Morgan fingerprint density at radius 1 is 1.56 bits per heavy atom. The van der Waals surface area contributed by atoms with Gasteiger partial charge in [0.1, 0.15) is 5.75 Å². The first kappa shape index (κ1) is 12.3. The van der Waals surface area contributed by atoms with Crippen LogP contribution in [0, 0.1) is 0 Å². The Morgan fingerprint density at radius 2 is 2.31 bits per heavy atom. The molecule has 0 aliphatic rings. The number of ether oxygens (including phenoxy) is 1. The zero-order chi connectivity index (χ0) is 12.0. The van der Waals surface area contributed by atoms with E-state index in [0.29, 0.717) is 17.9 Å². The Morgan fingerprint density at radius 3 is 2.88 bits per heavy atom. The van der Waals surface area contributed by atoms with Crippen molar-refractivity contribution in [1.29, 1.82) is 0 Å². The fraction of sp³-hybridized carbons (Fsp3) is 0.250. The molecule has 0 radical (unpaired) electrons. The number of nitrogens with one attached hydrogen (secondary N) is 1. The lowest BCUT2D eigenvalue weighted by Crippen LogP contribution is -2.04. The summed E-state index contributed by atoms with van der Waals surface area (Å²) in [6.07, 6.45) is 3.65. The van der Waals surface area contributed by atoms with Gasteiger partial charge in [-0.25, -0.2) is 4.79 Å². The third kappa shape index (κ3) is 3.10. The normalized spacial score (nSPS) is 10.6. The molecule has 4 nitrogen and oxygen atoms in total. The molecule has 0 atom stereocenters. The number of hydrogen-bond donors (Lipinski definition) is 2. The quantitative estimate of drug-likeness (QED) is 0.793. The van der Waals surface area contributed by atoms with Gasteiger partial charge in [0, 0.05) is 6.54 Å². The summed E-state index contributed by atoms with van der Waals surface area (Å²) in [6.45, 7) is 0.699. The van der Waals surface area contributed by atoms with Crippen molar-refractivity contribution in [3.8, 4) is 5.75 Å². The Balaban J connectivity index is 3.03. The van der Waals surface area contributed by atoms with Crippen molar-refractivity contribution in [3.63, 3.8) is 0 Å². The molecular formula is C12H15NO3. The van der Waals surface area contributed by atoms with Crippen LogP contribution in [0.25, 0.3) is 6.08 Å². The fourth-order valence-corrected chi connectivity index (χ4v) is 1.30. The van der Waals surface area contributed by atoms with Crippen LogP contribution in [0.2, 0.25) is 0 Å². The monoisotopic (exact) mass is 221 g/mol. The molecule has 0 fully saturated rings. The number of hydrogen-bond acceptors (Lipinski definition) is 3. The largest absolute Gasteiger partial charge is 0.497 e. The molecule has 0 unspecified atom stereocenters. The van der Waals surface area contributed by atoms with Crippen LogP contribution < -0.4 is 10.1 Å². The third-order valence-electron chi connectivity index (χ3n) is 2.11. The van der Waals surface area contributed by atoms with Crippen molar-refractivity contribution in [2.75, 3.05) is 20.7 Å². The Kier molecular flexibility index (Phi) is 4.54. The van der Waals surface area contributed by atoms with E-state index in [1.54, 1.807) is 18.2 Å². The van der Waals surface area contributed by atoms with E-state index in [1.165, 1.54) is 13.2 Å². The van der Waals surface area contributed by atoms with Crippen molar-refractivity contribution >= 4 is 12.0 Å². The highest BCUT2D eigenvalue weighted by atomic mass is 16.5. The molecule has 2 N–H and O–H groups in total. The number of aromatic carboxylic acids is 1. The van der Waals surface area contributed by atoms with Crippen LogP contribution in [0.1, 0.15) is 15.9 Å². The minimum absolute atomic E-state index is 0.242. The van der Waals surface area contributed by atoms with E-state index in [-0.39, 0.29) is 5.56 Å². The Labute approximate surface area is 94.6 Å². The summed E-state index contributed by atoms with van der Waals surface area (Å²) >= 11 is 0. The highest BCUT2D eigenvalue weighted by molar-refractivity contribution is 5.92. The molecule has 0 heterocycles. The number of carboxylic acid groups (broad SMARTS) is 1. The molecule has 16 heavy (non-hydrogen) atoms. The number of methoxy groups -OCH3 is 1. The predicted molar refractivity (Wildman–Crippen MR) is 62.9 cm³/mol. The maximum atomic E-state index is 11.0. The molecule has 0 amide bonds. The molecule has 0 bridgehead atoms. The zero-order valence-corrected chi connectivity index (χ0v) is 9.36. The molecule has 0 aliphatic carbocycles. The molecule has 4 heteroatoms. The summed E-state index contributed by atoms with van der Waals surface area (Å²) in [6, 6.07) is 4.99. The first-order valence-corrected chi connectivity index (χ1v) is 4.91. The highest BCUT2D eigenvalue weighted by Gasteiger charge is 2.08. The molecule has 0 saturated heterocycles. The van der Waals surface area contributed by atoms with Gasteiger partial charge in [-0.05, 0) is 24.7 Å². The van der Waals surface area contributed by atoms with Crippen molar-refractivity contribution in [3.05, 3.63) is 35.4 Å². The Hall–Kier alpha value is -1.81. The van der Waals surface area contributed by atoms with Crippen LogP contribution in [0.4, 0.5) is 0 Å². The summed E-state index contributed by atoms with van der Waals surface area (Å²) in [5, 5.41) is 12.0. The van der Waals surface area contributed by atoms with Crippen LogP contribution in [0.3, 0.4) is 0 Å². The lowest BCUT2D eigenvalue weighted by molar-refractivity contribution is 0.0696. The van der Waals surface area contributed by atoms with E-state index in [2.05, 4.69) is 5.32 Å². The number of carbonyl (C=O) groups is 1. The lowest BCUT2D eigenvalue weighted by atomic mass is 10.1. The fourth-order valence-electron chi connectivity index (χ4n) is 1.30. The van der Waals surface area contributed by atoms with E-state index in [9.17, 15) is 4.79 Å². The maximum Gasteiger partial charge on any atom is 0.336 e. The molecule has 0 spiro atoms. The summed E-state index contributed by atoms with van der Waals surface area (Å²) < 4.78 is 4.99. The van der Waals surface area contributed by atoms with Crippen LogP contribution in [0.15, 0.2) is 24.3 Å². The number of benzene rings is 1. The maximum absolute atomic E-state index is 11.0. The number of carboxylic acids is 1. The summed E-state index contributed by atoms with van der Waals surface area (Å²) in [4.78, 5) is 11.0. The SMILES string of the molecule is CNCC=Cc1ccc(OC)cc1C(=O)O. The standard InChI is InChI=1S/C12H15NO3/c1-13-7-3-4-9-5-6-10(16-2)8-11(9)12(14)15/h3-6,8,13H,7H2,1-2H3,(H,14,15). The van der Waals surface area contributed by atoms with Gasteiger partial charge in [0.05, 0.1) is 12.7 Å². The van der Waals surface area contributed by atoms with Crippen molar-refractivity contribution in [2.45, 2.75) is 0 Å². The van der Waals surface area contributed by atoms with Gasteiger partial charge in [0.2, 0.25) is 0 Å². The molecule has 0 aliphatic heterocycles. The van der Waals surface area contributed by atoms with Gasteiger partial charge in [-0.15, -0.1) is 0 Å². The zero-order valence-electron chi connectivity index (χ0n) is 9.36. The Bertz CT molecular complexity index is 399. The number of rotatable bonds is 5. The molecule has 1 rings (SSSR count). The first-order valence-electron chi connectivity index (χ1n) is 4.91. The minimum atomic E-state index is -0.956. The van der Waals surface area contributed by atoms with Gasteiger partial charge in [-0.3, -0.25) is 0 Å². The van der Waals surface area contributed by atoms with E-state index < -0.39 is 5.97 Å². The molecule has 1 aromatic carbocycles. The summed E-state index contributed by atoms with van der Waals surface area (Å²) in [5.41, 5.74) is 0.912. The first-order chi connectivity index (χ1) is 7.69. The van der Waals surface area contributed by atoms with Gasteiger partial charge in [-0.1, -0.05) is 18.2 Å². The molecule has 0 aromatic heterocycles. The minimum Gasteiger partial charge on any atom is -0.497 e. The predicted octanol–water partition coefficient (Wildman–Crippen LogP) is 1.63. The van der Waals surface area contributed by atoms with Gasteiger partial charge in [-0.2, -0.15) is 0 Å². The van der Waals surface area contributed by atoms with Crippen LogP contribution in [-0.2, 0) is 0 Å². The van der Waals surface area contributed by atoms with Crippen molar-refractivity contribution in [2.24, 2.45) is 0 Å². The van der Waals surface area contributed by atoms with E-state index in [1.807, 2.05) is 13.1 Å². The second kappa shape index (κ2) is 5.92. The second-order valence-corrected chi connectivity index (χ2v) is 3.22. The van der Waals surface area contributed by atoms with Crippen LogP contribution in [-0.4, -0.2) is 31.8 Å². The average Bonchev–Trinajstić information content (AvgIpc) is 2.29. The van der Waals surface area contributed by atoms with E-state index >= 15 is 0 Å². The van der Waals surface area contributed by atoms with Gasteiger partial charge in [0.15, 0.2) is 0 Å². The van der Waals surface area contributed by atoms with Gasteiger partial charge < -0.3 is 15.2 Å². The van der Waals surface area contributed by atoms with E-state index in [4.69, 9.17) is 9.84 Å². The van der Waals surface area contributed by atoms with E-state index in [0.717, 1.165) is 0 Å². The van der Waals surface area contributed by atoms with Gasteiger partial charge >= 0.3 is 5.97 Å². The summed E-state index contributed by atoms with van der Waals surface area (Å²) in [7, 11) is 3.34. The van der Waals surface area contributed by atoms with Gasteiger partial charge in [0.25, 0.3) is 0 Å². The average molecular weight is 221 g/mol. The molecular weight excluding hydrogens is 206 g/mol. The molecule has 1 aromatic rings. The third-order valence-corrected chi connectivity index (χ3v) is 2.11. The van der Waals surface area contributed by atoms with Crippen LogP contribution in [0.5, 0.6) is 5.75 Å².